The van der Waals surface area contributed by atoms with Crippen molar-refractivity contribution in [2.75, 3.05) is 6.54 Å². The van der Waals surface area contributed by atoms with E-state index in [4.69, 9.17) is 0 Å². The number of benzene rings is 1. The Balaban J connectivity index is 2.24. The molecule has 1 aromatic heterocycles. The van der Waals surface area contributed by atoms with Crippen molar-refractivity contribution >= 4 is 10.9 Å². The average molecular weight is 254 g/mol. The van der Waals surface area contributed by atoms with E-state index in [1.54, 1.807) is 24.3 Å². The Labute approximate surface area is 102 Å². The third kappa shape index (κ3) is 1.79. The lowest BCUT2D eigenvalue weighted by atomic mass is 10.0. The number of hydrogen-bond acceptors (Lipinski definition) is 1. The van der Waals surface area contributed by atoms with Crippen LogP contribution in [0.5, 0.6) is 0 Å². The first-order valence-electron chi connectivity index (χ1n) is 5.98. The Morgan fingerprint density at radius 3 is 2.61 bits per heavy atom. The van der Waals surface area contributed by atoms with Crippen LogP contribution < -0.4 is 5.32 Å². The van der Waals surface area contributed by atoms with Gasteiger partial charge in [-0.15, -0.1) is 0 Å². The van der Waals surface area contributed by atoms with Gasteiger partial charge >= 0.3 is 6.18 Å². The Kier molecular flexibility index (Phi) is 2.59. The van der Waals surface area contributed by atoms with Crippen LogP contribution in [0.3, 0.4) is 0 Å². The van der Waals surface area contributed by atoms with Crippen molar-refractivity contribution < 1.29 is 13.2 Å². The van der Waals surface area contributed by atoms with Gasteiger partial charge in [-0.05, 0) is 25.5 Å². The largest absolute Gasteiger partial charge is 0.431 e. The highest BCUT2D eigenvalue weighted by molar-refractivity contribution is 5.85. The topological polar surface area (TPSA) is 27.8 Å². The predicted molar refractivity (Wildman–Crippen MR) is 63.3 cm³/mol. The molecule has 18 heavy (non-hydrogen) atoms. The lowest BCUT2D eigenvalue weighted by Crippen LogP contribution is -2.17. The SMILES string of the molecule is FC(F)(F)c1[nH]c2ccccc2c1C1CCCN1. The third-order valence-corrected chi connectivity index (χ3v) is 3.44. The standard InChI is InChI=1S/C13H13F3N2/c14-13(15,16)12-11(10-6-3-7-17-10)8-4-1-2-5-9(8)18-12/h1-2,4-5,10,17-18H,3,6-7H2. The van der Waals surface area contributed by atoms with Gasteiger partial charge in [0, 0.05) is 22.5 Å². The molecule has 0 saturated carbocycles. The molecule has 1 aromatic carbocycles. The molecule has 1 saturated heterocycles. The summed E-state index contributed by atoms with van der Waals surface area (Å²) in [5.41, 5.74) is 0.312. The summed E-state index contributed by atoms with van der Waals surface area (Å²) in [6.45, 7) is 0.779. The maximum Gasteiger partial charge on any atom is 0.431 e. The van der Waals surface area contributed by atoms with E-state index in [0.717, 1.165) is 19.4 Å². The van der Waals surface area contributed by atoms with Gasteiger partial charge in [0.2, 0.25) is 0 Å². The number of rotatable bonds is 1. The van der Waals surface area contributed by atoms with Crippen molar-refractivity contribution in [1.29, 1.82) is 0 Å². The first-order valence-corrected chi connectivity index (χ1v) is 5.98. The highest BCUT2D eigenvalue weighted by Gasteiger charge is 2.38. The monoisotopic (exact) mass is 254 g/mol. The lowest BCUT2D eigenvalue weighted by Gasteiger charge is -2.14. The normalized spacial score (nSPS) is 20.7. The van der Waals surface area contributed by atoms with Crippen molar-refractivity contribution in [3.05, 3.63) is 35.5 Å². The second-order valence-electron chi connectivity index (χ2n) is 4.61. The number of fused-ring (bicyclic) bond motifs is 1. The van der Waals surface area contributed by atoms with Gasteiger partial charge in [0.1, 0.15) is 5.69 Å². The number of para-hydroxylation sites is 1. The van der Waals surface area contributed by atoms with Crippen molar-refractivity contribution in [3.8, 4) is 0 Å². The molecule has 1 aliphatic heterocycles. The summed E-state index contributed by atoms with van der Waals surface area (Å²) < 4.78 is 39.2. The van der Waals surface area contributed by atoms with Gasteiger partial charge in [-0.2, -0.15) is 13.2 Å². The number of aromatic nitrogens is 1. The molecular weight excluding hydrogens is 241 g/mol. The summed E-state index contributed by atoms with van der Waals surface area (Å²) in [6.07, 6.45) is -2.66. The van der Waals surface area contributed by atoms with Crippen molar-refractivity contribution in [3.63, 3.8) is 0 Å². The summed E-state index contributed by atoms with van der Waals surface area (Å²) in [5.74, 6) is 0. The van der Waals surface area contributed by atoms with Gasteiger partial charge in [-0.25, -0.2) is 0 Å². The van der Waals surface area contributed by atoms with Gasteiger partial charge < -0.3 is 10.3 Å². The molecule has 1 aliphatic rings. The number of nitrogens with one attached hydrogen (secondary N) is 2. The molecule has 0 amide bonds. The number of alkyl halides is 3. The second kappa shape index (κ2) is 4.02. The van der Waals surface area contributed by atoms with E-state index in [1.807, 2.05) is 0 Å². The molecule has 0 aliphatic carbocycles. The average Bonchev–Trinajstić information content (AvgIpc) is 2.94. The first kappa shape index (κ1) is 11.6. The lowest BCUT2D eigenvalue weighted by molar-refractivity contribution is -0.141. The highest BCUT2D eigenvalue weighted by atomic mass is 19.4. The van der Waals surface area contributed by atoms with Crippen LogP contribution >= 0.6 is 0 Å². The van der Waals surface area contributed by atoms with Crippen LogP contribution in [-0.2, 0) is 6.18 Å². The molecule has 5 heteroatoms. The minimum absolute atomic E-state index is 0.197. The van der Waals surface area contributed by atoms with E-state index < -0.39 is 11.9 Å². The fourth-order valence-corrected chi connectivity index (χ4v) is 2.68. The molecule has 2 heterocycles. The minimum atomic E-state index is -4.33. The van der Waals surface area contributed by atoms with Crippen LogP contribution in [-0.4, -0.2) is 11.5 Å². The Morgan fingerprint density at radius 1 is 1.17 bits per heavy atom. The van der Waals surface area contributed by atoms with Crippen LogP contribution in [0.25, 0.3) is 10.9 Å². The minimum Gasteiger partial charge on any atom is -0.351 e. The molecule has 0 radical (unpaired) electrons. The van der Waals surface area contributed by atoms with Gasteiger partial charge in [-0.3, -0.25) is 0 Å². The van der Waals surface area contributed by atoms with Gasteiger partial charge in [0.05, 0.1) is 0 Å². The molecule has 1 atom stereocenters. The van der Waals surface area contributed by atoms with Crippen molar-refractivity contribution in [2.45, 2.75) is 25.1 Å². The first-order chi connectivity index (χ1) is 8.57. The van der Waals surface area contributed by atoms with E-state index in [-0.39, 0.29) is 6.04 Å². The summed E-state index contributed by atoms with van der Waals surface area (Å²) in [4.78, 5) is 2.52. The van der Waals surface area contributed by atoms with Gasteiger partial charge in [0.25, 0.3) is 0 Å². The molecule has 0 spiro atoms. The number of hydrogen-bond donors (Lipinski definition) is 2. The van der Waals surface area contributed by atoms with Crippen LogP contribution in [0.2, 0.25) is 0 Å². The molecule has 2 N–H and O–H groups in total. The van der Waals surface area contributed by atoms with E-state index in [1.165, 1.54) is 0 Å². The summed E-state index contributed by atoms with van der Waals surface area (Å²) in [6, 6.07) is 6.75. The highest BCUT2D eigenvalue weighted by Crippen LogP contribution is 2.40. The summed E-state index contributed by atoms with van der Waals surface area (Å²) in [5, 5.41) is 3.81. The number of aromatic amines is 1. The smallest absolute Gasteiger partial charge is 0.351 e. The van der Waals surface area contributed by atoms with Crippen molar-refractivity contribution in [1.82, 2.24) is 10.3 Å². The zero-order valence-electron chi connectivity index (χ0n) is 9.64. The third-order valence-electron chi connectivity index (χ3n) is 3.44. The van der Waals surface area contributed by atoms with Gasteiger partial charge in [0.15, 0.2) is 0 Å². The molecule has 3 rings (SSSR count). The molecule has 96 valence electrons. The number of halogens is 3. The molecule has 1 fully saturated rings. The van der Waals surface area contributed by atoms with Crippen LogP contribution in [0.4, 0.5) is 13.2 Å². The van der Waals surface area contributed by atoms with Crippen LogP contribution in [0.15, 0.2) is 24.3 Å². The van der Waals surface area contributed by atoms with Crippen LogP contribution in [0, 0.1) is 0 Å². The Morgan fingerprint density at radius 2 is 1.94 bits per heavy atom. The molecule has 0 bridgehead atoms. The zero-order chi connectivity index (χ0) is 12.8. The molecule has 1 unspecified atom stereocenters. The fourth-order valence-electron chi connectivity index (χ4n) is 2.68. The predicted octanol–water partition coefficient (Wildman–Crippen LogP) is 3.61. The Bertz CT molecular complexity index is 565. The van der Waals surface area contributed by atoms with Crippen molar-refractivity contribution in [2.24, 2.45) is 0 Å². The van der Waals surface area contributed by atoms with E-state index in [2.05, 4.69) is 10.3 Å². The van der Waals surface area contributed by atoms with Gasteiger partial charge in [-0.1, -0.05) is 18.2 Å². The molecular formula is C13H13F3N2. The quantitative estimate of drug-likeness (QED) is 0.799. The van der Waals surface area contributed by atoms with E-state index in [0.29, 0.717) is 16.5 Å². The summed E-state index contributed by atoms with van der Waals surface area (Å²) >= 11 is 0. The van der Waals surface area contributed by atoms with Crippen LogP contribution in [0.1, 0.15) is 30.1 Å². The van der Waals surface area contributed by atoms with E-state index in [9.17, 15) is 13.2 Å². The maximum atomic E-state index is 13.1. The number of H-pyrrole nitrogens is 1. The summed E-state index contributed by atoms with van der Waals surface area (Å²) in [7, 11) is 0. The molecule has 2 aromatic rings. The zero-order valence-corrected chi connectivity index (χ0v) is 9.64. The second-order valence-corrected chi connectivity index (χ2v) is 4.61. The Hall–Kier alpha value is -1.49. The maximum absolute atomic E-state index is 13.1. The van der Waals surface area contributed by atoms with E-state index >= 15 is 0 Å². The fraction of sp³-hybridized carbons (Fsp3) is 0.385. The molecule has 2 nitrogen and oxygen atoms in total.